The first kappa shape index (κ1) is 11.2. The molecule has 4 nitrogen and oxygen atoms in total. The van der Waals surface area contributed by atoms with Crippen LogP contribution in [0.4, 0.5) is 0 Å². The minimum atomic E-state index is -0.612. The van der Waals surface area contributed by atoms with E-state index < -0.39 is 6.23 Å². The van der Waals surface area contributed by atoms with E-state index in [1.807, 2.05) is 30.3 Å². The molecule has 98 valence electrons. The van der Waals surface area contributed by atoms with E-state index in [1.54, 1.807) is 23.1 Å². The molecule has 0 saturated heterocycles. The molecule has 4 rings (SSSR count). The summed E-state index contributed by atoms with van der Waals surface area (Å²) in [6.45, 7) is 0.473. The second-order valence-corrected chi connectivity index (χ2v) is 4.94. The fourth-order valence-electron chi connectivity index (χ4n) is 2.82. The van der Waals surface area contributed by atoms with Crippen LogP contribution in [0, 0.1) is 0 Å². The number of nitrogens with zero attached hydrogens (tertiary/aromatic N) is 1. The van der Waals surface area contributed by atoms with Crippen molar-refractivity contribution in [1.82, 2.24) is 4.90 Å². The van der Waals surface area contributed by atoms with E-state index in [-0.39, 0.29) is 11.9 Å². The second kappa shape index (κ2) is 3.93. The lowest BCUT2D eigenvalue weighted by Gasteiger charge is -2.23. The van der Waals surface area contributed by atoms with Crippen LogP contribution >= 0.6 is 0 Å². The number of hydrogen-bond donors (Lipinski definition) is 0. The van der Waals surface area contributed by atoms with E-state index in [1.165, 1.54) is 0 Å². The Morgan fingerprint density at radius 1 is 0.950 bits per heavy atom. The summed E-state index contributed by atoms with van der Waals surface area (Å²) >= 11 is 0. The van der Waals surface area contributed by atoms with Crippen molar-refractivity contribution >= 4 is 11.9 Å². The zero-order chi connectivity index (χ0) is 13.7. The lowest BCUT2D eigenvalue weighted by atomic mass is 10.1. The van der Waals surface area contributed by atoms with Gasteiger partial charge in [0.05, 0.1) is 12.1 Å². The van der Waals surface area contributed by atoms with E-state index in [0.29, 0.717) is 17.7 Å². The largest absolute Gasteiger partial charge is 0.433 e. The van der Waals surface area contributed by atoms with Gasteiger partial charge < -0.3 is 4.74 Å². The maximum atomic E-state index is 12.4. The number of benzene rings is 2. The van der Waals surface area contributed by atoms with Crippen molar-refractivity contribution in [2.24, 2.45) is 0 Å². The second-order valence-electron chi connectivity index (χ2n) is 4.94. The zero-order valence-corrected chi connectivity index (χ0v) is 10.6. The molecular formula is C16H11NO3. The third-order valence-electron chi connectivity index (χ3n) is 3.80. The Kier molecular flexibility index (Phi) is 2.21. The van der Waals surface area contributed by atoms with Crippen molar-refractivity contribution in [1.29, 1.82) is 0 Å². The Labute approximate surface area is 115 Å². The summed E-state index contributed by atoms with van der Waals surface area (Å²) in [6, 6.07) is 14.7. The highest BCUT2D eigenvalue weighted by molar-refractivity contribution is 6.00. The van der Waals surface area contributed by atoms with Gasteiger partial charge >= 0.3 is 5.97 Å². The molecule has 0 N–H and O–H groups in total. The van der Waals surface area contributed by atoms with Gasteiger partial charge in [-0.1, -0.05) is 36.4 Å². The molecule has 20 heavy (non-hydrogen) atoms. The quantitative estimate of drug-likeness (QED) is 0.744. The van der Waals surface area contributed by atoms with Gasteiger partial charge in [0.2, 0.25) is 6.23 Å². The molecule has 0 unspecified atom stereocenters. The molecule has 0 saturated carbocycles. The molecule has 0 bridgehead atoms. The molecule has 0 radical (unpaired) electrons. The molecule has 4 heteroatoms. The third kappa shape index (κ3) is 1.42. The highest BCUT2D eigenvalue weighted by atomic mass is 16.6. The number of carbonyl (C=O) groups is 2. The molecule has 0 spiro atoms. The van der Waals surface area contributed by atoms with Crippen LogP contribution in [0.3, 0.4) is 0 Å². The summed E-state index contributed by atoms with van der Waals surface area (Å²) in [7, 11) is 0. The van der Waals surface area contributed by atoms with E-state index in [2.05, 4.69) is 0 Å². The molecular weight excluding hydrogens is 254 g/mol. The van der Waals surface area contributed by atoms with Crippen molar-refractivity contribution in [3.8, 4) is 0 Å². The summed E-state index contributed by atoms with van der Waals surface area (Å²) in [5.74, 6) is -0.454. The third-order valence-corrected chi connectivity index (χ3v) is 3.80. The number of cyclic esters (lactones) is 1. The highest BCUT2D eigenvalue weighted by Crippen LogP contribution is 2.37. The molecule has 2 aliphatic heterocycles. The summed E-state index contributed by atoms with van der Waals surface area (Å²) in [6.07, 6.45) is -0.612. The lowest BCUT2D eigenvalue weighted by molar-refractivity contribution is -0.0146. The van der Waals surface area contributed by atoms with Crippen molar-refractivity contribution in [3.63, 3.8) is 0 Å². The van der Waals surface area contributed by atoms with Crippen LogP contribution in [0.1, 0.15) is 38.1 Å². The van der Waals surface area contributed by atoms with Gasteiger partial charge in [0.15, 0.2) is 0 Å². The normalized spacial score (nSPS) is 19.8. The van der Waals surface area contributed by atoms with Crippen LogP contribution in [0.2, 0.25) is 0 Å². The van der Waals surface area contributed by atoms with Crippen molar-refractivity contribution < 1.29 is 14.3 Å². The SMILES string of the molecule is O=C1O[C@@H](N2Cc3ccccc3C2=O)c2ccccc21. The molecule has 2 aliphatic rings. The average molecular weight is 265 g/mol. The summed E-state index contributed by atoms with van der Waals surface area (Å²) in [5.41, 5.74) is 2.96. The van der Waals surface area contributed by atoms with Crippen LogP contribution in [-0.2, 0) is 11.3 Å². The van der Waals surface area contributed by atoms with Crippen LogP contribution < -0.4 is 0 Å². The first-order valence-corrected chi connectivity index (χ1v) is 6.44. The van der Waals surface area contributed by atoms with Gasteiger partial charge in [0.1, 0.15) is 0 Å². The Bertz CT molecular complexity index is 738. The summed E-state index contributed by atoms with van der Waals surface area (Å²) < 4.78 is 5.38. The summed E-state index contributed by atoms with van der Waals surface area (Å²) in [5, 5.41) is 0. The van der Waals surface area contributed by atoms with E-state index in [9.17, 15) is 9.59 Å². The minimum absolute atomic E-state index is 0.0879. The number of amides is 1. The fourth-order valence-corrected chi connectivity index (χ4v) is 2.82. The molecule has 2 aromatic rings. The van der Waals surface area contributed by atoms with Crippen LogP contribution in [-0.4, -0.2) is 16.8 Å². The molecule has 2 aromatic carbocycles. The number of carbonyl (C=O) groups excluding carboxylic acids is 2. The van der Waals surface area contributed by atoms with E-state index in [0.717, 1.165) is 11.1 Å². The van der Waals surface area contributed by atoms with Crippen molar-refractivity contribution in [3.05, 3.63) is 70.8 Å². The standard InChI is InChI=1S/C16H11NO3/c18-14-11-6-2-1-5-10(11)9-17(14)15-12-7-3-4-8-13(12)16(19)20-15/h1-8,15H,9H2/t15-/m1/s1. The van der Waals surface area contributed by atoms with Crippen molar-refractivity contribution in [2.45, 2.75) is 12.8 Å². The van der Waals surface area contributed by atoms with Gasteiger partial charge in [0, 0.05) is 11.1 Å². The topological polar surface area (TPSA) is 46.6 Å². The van der Waals surface area contributed by atoms with E-state index in [4.69, 9.17) is 4.74 Å². The van der Waals surface area contributed by atoms with Gasteiger partial charge in [0.25, 0.3) is 5.91 Å². The van der Waals surface area contributed by atoms with Gasteiger partial charge in [-0.25, -0.2) is 4.79 Å². The number of rotatable bonds is 1. The Balaban J connectivity index is 1.75. The molecule has 1 atom stereocenters. The average Bonchev–Trinajstić information content (AvgIpc) is 2.99. The maximum absolute atomic E-state index is 12.4. The van der Waals surface area contributed by atoms with E-state index >= 15 is 0 Å². The number of esters is 1. The lowest BCUT2D eigenvalue weighted by Crippen LogP contribution is -2.29. The monoisotopic (exact) mass is 265 g/mol. The van der Waals surface area contributed by atoms with Gasteiger partial charge in [-0.3, -0.25) is 9.69 Å². The van der Waals surface area contributed by atoms with Gasteiger partial charge in [-0.15, -0.1) is 0 Å². The Morgan fingerprint density at radius 2 is 1.65 bits per heavy atom. The Hall–Kier alpha value is -2.62. The molecule has 0 aliphatic carbocycles. The fraction of sp³-hybridized carbons (Fsp3) is 0.125. The molecule has 0 fully saturated rings. The maximum Gasteiger partial charge on any atom is 0.340 e. The molecule has 1 amide bonds. The number of fused-ring (bicyclic) bond motifs is 2. The Morgan fingerprint density at radius 3 is 2.45 bits per heavy atom. The highest BCUT2D eigenvalue weighted by Gasteiger charge is 2.40. The molecule has 0 aromatic heterocycles. The van der Waals surface area contributed by atoms with Crippen molar-refractivity contribution in [2.75, 3.05) is 0 Å². The minimum Gasteiger partial charge on any atom is -0.433 e. The smallest absolute Gasteiger partial charge is 0.340 e. The first-order chi connectivity index (χ1) is 9.75. The summed E-state index contributed by atoms with van der Waals surface area (Å²) in [4.78, 5) is 25.9. The first-order valence-electron chi connectivity index (χ1n) is 6.44. The number of hydrogen-bond acceptors (Lipinski definition) is 3. The number of ether oxygens (including phenoxy) is 1. The van der Waals surface area contributed by atoms with Crippen LogP contribution in [0.5, 0.6) is 0 Å². The zero-order valence-electron chi connectivity index (χ0n) is 10.6. The van der Waals surface area contributed by atoms with Crippen LogP contribution in [0.25, 0.3) is 0 Å². The van der Waals surface area contributed by atoms with Crippen LogP contribution in [0.15, 0.2) is 48.5 Å². The van der Waals surface area contributed by atoms with Gasteiger partial charge in [-0.2, -0.15) is 0 Å². The molecule has 2 heterocycles. The predicted molar refractivity (Wildman–Crippen MR) is 70.9 cm³/mol. The van der Waals surface area contributed by atoms with Gasteiger partial charge in [-0.05, 0) is 17.7 Å². The predicted octanol–water partition coefficient (Wildman–Crippen LogP) is 2.51.